The van der Waals surface area contributed by atoms with E-state index < -0.39 is 5.25 Å². The van der Waals surface area contributed by atoms with Crippen LogP contribution in [-0.2, 0) is 11.3 Å². The van der Waals surface area contributed by atoms with Gasteiger partial charge in [-0.05, 0) is 32.9 Å². The van der Waals surface area contributed by atoms with Gasteiger partial charge in [0.05, 0.1) is 16.5 Å². The zero-order chi connectivity index (χ0) is 20.3. The molecule has 0 spiro atoms. The van der Waals surface area contributed by atoms with Gasteiger partial charge in [0.25, 0.3) is 0 Å². The molecule has 3 aromatic rings. The molecule has 1 atom stereocenters. The number of amides is 1. The molecule has 0 fully saturated rings. The normalized spacial score (nSPS) is 12.0. The van der Waals surface area contributed by atoms with Gasteiger partial charge in [0, 0.05) is 11.4 Å². The van der Waals surface area contributed by atoms with Crippen LogP contribution in [0.5, 0.6) is 0 Å². The average molecular weight is 418 g/mol. The standard InChI is InChI=1S/C19H20FN5OS2/c1-5-10-25-16(14-8-6-7-9-15(14)20)23-24-19(25)28-13(4)17(26)22-18-21-11(2)12(3)27-18/h5-9,13H,1,10H2,2-4H3,(H,21,22,26). The first-order chi connectivity index (χ1) is 13.4. The third-order valence-corrected chi connectivity index (χ3v) is 6.12. The summed E-state index contributed by atoms with van der Waals surface area (Å²) in [7, 11) is 0. The highest BCUT2D eigenvalue weighted by atomic mass is 32.2. The lowest BCUT2D eigenvalue weighted by Gasteiger charge is -2.12. The molecule has 0 aliphatic carbocycles. The SMILES string of the molecule is C=CCn1c(SC(C)C(=O)Nc2nc(C)c(C)s2)nnc1-c1ccccc1F. The predicted molar refractivity (Wildman–Crippen MR) is 111 cm³/mol. The molecule has 1 aromatic carbocycles. The molecule has 6 nitrogen and oxygen atoms in total. The van der Waals surface area contributed by atoms with Gasteiger partial charge in [0.1, 0.15) is 5.82 Å². The number of carbonyl (C=O) groups excluding carboxylic acids is 1. The monoisotopic (exact) mass is 417 g/mol. The van der Waals surface area contributed by atoms with Crippen LogP contribution in [0.25, 0.3) is 11.4 Å². The molecule has 0 aliphatic heterocycles. The van der Waals surface area contributed by atoms with E-state index in [4.69, 9.17) is 0 Å². The number of anilines is 1. The second-order valence-corrected chi connectivity index (χ2v) is 8.61. The number of nitrogens with zero attached hydrogens (tertiary/aromatic N) is 4. The van der Waals surface area contributed by atoms with Crippen molar-refractivity contribution in [3.63, 3.8) is 0 Å². The number of thiazole rings is 1. The van der Waals surface area contributed by atoms with Crippen LogP contribution in [0, 0.1) is 19.7 Å². The Bertz CT molecular complexity index is 994. The van der Waals surface area contributed by atoms with Crippen LogP contribution in [-0.4, -0.2) is 30.9 Å². The van der Waals surface area contributed by atoms with Crippen molar-refractivity contribution in [3.05, 3.63) is 53.3 Å². The lowest BCUT2D eigenvalue weighted by molar-refractivity contribution is -0.115. The van der Waals surface area contributed by atoms with Gasteiger partial charge in [0.15, 0.2) is 16.1 Å². The molecule has 9 heteroatoms. The topological polar surface area (TPSA) is 72.7 Å². The number of aromatic nitrogens is 4. The van der Waals surface area contributed by atoms with E-state index in [-0.39, 0.29) is 11.7 Å². The highest BCUT2D eigenvalue weighted by Crippen LogP contribution is 2.29. The molecule has 0 saturated carbocycles. The fraction of sp³-hybridized carbons (Fsp3) is 0.263. The molecule has 2 aromatic heterocycles. The second-order valence-electron chi connectivity index (χ2n) is 6.10. The number of hydrogen-bond donors (Lipinski definition) is 1. The van der Waals surface area contributed by atoms with Gasteiger partial charge in [-0.15, -0.1) is 28.1 Å². The van der Waals surface area contributed by atoms with Gasteiger partial charge in [-0.2, -0.15) is 0 Å². The predicted octanol–water partition coefficient (Wildman–Crippen LogP) is 4.46. The third-order valence-electron chi connectivity index (χ3n) is 4.05. The second kappa shape index (κ2) is 8.66. The molecule has 146 valence electrons. The highest BCUT2D eigenvalue weighted by Gasteiger charge is 2.22. The number of thioether (sulfide) groups is 1. The molecule has 0 bridgehead atoms. The van der Waals surface area contributed by atoms with Gasteiger partial charge >= 0.3 is 0 Å². The number of halogens is 1. The maximum atomic E-state index is 14.2. The largest absolute Gasteiger partial charge is 0.301 e. The zero-order valence-corrected chi connectivity index (χ0v) is 17.4. The highest BCUT2D eigenvalue weighted by molar-refractivity contribution is 8.00. The molecule has 0 aliphatic rings. The Morgan fingerprint density at radius 2 is 2.14 bits per heavy atom. The summed E-state index contributed by atoms with van der Waals surface area (Å²) in [5.41, 5.74) is 1.26. The number of carbonyl (C=O) groups is 1. The molecule has 3 rings (SSSR count). The lowest BCUT2D eigenvalue weighted by Crippen LogP contribution is -2.22. The number of rotatable bonds is 7. The summed E-state index contributed by atoms with van der Waals surface area (Å²) >= 11 is 2.69. The zero-order valence-electron chi connectivity index (χ0n) is 15.8. The first-order valence-corrected chi connectivity index (χ1v) is 10.3. The average Bonchev–Trinajstić information content (AvgIpc) is 3.19. The summed E-state index contributed by atoms with van der Waals surface area (Å²) in [5.74, 6) is -0.157. The molecule has 2 heterocycles. The van der Waals surface area contributed by atoms with Crippen molar-refractivity contribution in [2.75, 3.05) is 5.32 Å². The summed E-state index contributed by atoms with van der Waals surface area (Å²) in [6.07, 6.45) is 1.68. The van der Waals surface area contributed by atoms with Crippen LogP contribution in [0.4, 0.5) is 9.52 Å². The number of nitrogens with one attached hydrogen (secondary N) is 1. The van der Waals surface area contributed by atoms with Crippen LogP contribution < -0.4 is 5.32 Å². The van der Waals surface area contributed by atoms with Crippen molar-refractivity contribution in [2.45, 2.75) is 37.7 Å². The maximum Gasteiger partial charge on any atom is 0.239 e. The van der Waals surface area contributed by atoms with E-state index in [9.17, 15) is 9.18 Å². The summed E-state index contributed by atoms with van der Waals surface area (Å²) in [6.45, 7) is 9.80. The summed E-state index contributed by atoms with van der Waals surface area (Å²) in [5, 5.41) is 11.8. The fourth-order valence-electron chi connectivity index (χ4n) is 2.46. The van der Waals surface area contributed by atoms with Crippen molar-refractivity contribution in [1.29, 1.82) is 0 Å². The summed E-state index contributed by atoms with van der Waals surface area (Å²) in [6, 6.07) is 6.39. The van der Waals surface area contributed by atoms with Gasteiger partial charge in [-0.3, -0.25) is 9.36 Å². The van der Waals surface area contributed by atoms with Crippen molar-refractivity contribution < 1.29 is 9.18 Å². The first-order valence-electron chi connectivity index (χ1n) is 8.61. The van der Waals surface area contributed by atoms with Crippen LogP contribution in [0.1, 0.15) is 17.5 Å². The Morgan fingerprint density at radius 3 is 2.79 bits per heavy atom. The Labute approximate surface area is 170 Å². The van der Waals surface area contributed by atoms with E-state index in [2.05, 4.69) is 27.1 Å². The third kappa shape index (κ3) is 4.31. The Kier molecular flexibility index (Phi) is 6.25. The lowest BCUT2D eigenvalue weighted by atomic mass is 10.2. The maximum absolute atomic E-state index is 14.2. The smallest absolute Gasteiger partial charge is 0.239 e. The number of hydrogen-bond acceptors (Lipinski definition) is 6. The van der Waals surface area contributed by atoms with Crippen LogP contribution in [0.3, 0.4) is 0 Å². The quantitative estimate of drug-likeness (QED) is 0.454. The van der Waals surface area contributed by atoms with Crippen LogP contribution in [0.15, 0.2) is 42.1 Å². The minimum atomic E-state index is -0.439. The van der Waals surface area contributed by atoms with E-state index >= 15 is 0 Å². The van der Waals surface area contributed by atoms with Gasteiger partial charge in [0.2, 0.25) is 5.91 Å². The molecular formula is C19H20FN5OS2. The van der Waals surface area contributed by atoms with Crippen LogP contribution in [0.2, 0.25) is 0 Å². The molecule has 0 saturated heterocycles. The fourth-order valence-corrected chi connectivity index (χ4v) is 4.13. The molecule has 1 N–H and O–H groups in total. The van der Waals surface area contributed by atoms with E-state index in [1.165, 1.54) is 29.2 Å². The summed E-state index contributed by atoms with van der Waals surface area (Å²) in [4.78, 5) is 17.9. The summed E-state index contributed by atoms with van der Waals surface area (Å²) < 4.78 is 15.9. The Hall–Kier alpha value is -2.52. The first kappa shape index (κ1) is 20.2. The van der Waals surface area contributed by atoms with E-state index in [1.807, 2.05) is 13.8 Å². The van der Waals surface area contributed by atoms with Crippen LogP contribution >= 0.6 is 23.1 Å². The Balaban J connectivity index is 1.80. The molecular weight excluding hydrogens is 397 g/mol. The molecule has 0 radical (unpaired) electrons. The van der Waals surface area contributed by atoms with Gasteiger partial charge in [-0.25, -0.2) is 9.37 Å². The minimum absolute atomic E-state index is 0.181. The van der Waals surface area contributed by atoms with Crippen molar-refractivity contribution >= 4 is 34.1 Å². The van der Waals surface area contributed by atoms with E-state index in [0.717, 1.165) is 10.6 Å². The van der Waals surface area contributed by atoms with Gasteiger partial charge in [-0.1, -0.05) is 30.0 Å². The van der Waals surface area contributed by atoms with Crippen molar-refractivity contribution in [3.8, 4) is 11.4 Å². The molecule has 1 amide bonds. The minimum Gasteiger partial charge on any atom is -0.301 e. The van der Waals surface area contributed by atoms with Crippen molar-refractivity contribution in [2.24, 2.45) is 0 Å². The molecule has 1 unspecified atom stereocenters. The van der Waals surface area contributed by atoms with Crippen molar-refractivity contribution in [1.82, 2.24) is 19.7 Å². The molecule has 28 heavy (non-hydrogen) atoms. The van der Waals surface area contributed by atoms with E-state index in [0.29, 0.717) is 28.2 Å². The van der Waals surface area contributed by atoms with E-state index in [1.54, 1.807) is 35.8 Å². The number of benzene rings is 1. The number of aryl methyl sites for hydroxylation is 2. The van der Waals surface area contributed by atoms with Gasteiger partial charge < -0.3 is 5.32 Å². The number of allylic oxidation sites excluding steroid dienone is 1. The Morgan fingerprint density at radius 1 is 1.39 bits per heavy atom.